The molecule has 0 rings (SSSR count). The molecule has 332 valence electrons. The van der Waals surface area contributed by atoms with Gasteiger partial charge in [-0.1, -0.05) is 201 Å². The molecule has 8 heteroatoms. The van der Waals surface area contributed by atoms with Crippen LogP contribution >= 0.6 is 0 Å². The second-order valence-electron chi connectivity index (χ2n) is 17.0. The van der Waals surface area contributed by atoms with Crippen molar-refractivity contribution in [3.63, 3.8) is 0 Å². The number of nitrogens with zero attached hydrogens (tertiary/aromatic N) is 1. The zero-order valence-corrected chi connectivity index (χ0v) is 37.8. The van der Waals surface area contributed by atoms with Crippen molar-refractivity contribution in [1.29, 1.82) is 0 Å². The molecule has 1 unspecified atom stereocenters. The van der Waals surface area contributed by atoms with Crippen LogP contribution in [0, 0.1) is 5.92 Å². The van der Waals surface area contributed by atoms with Crippen LogP contribution < -0.4 is 21.7 Å². The van der Waals surface area contributed by atoms with E-state index in [4.69, 9.17) is 5.73 Å². The third-order valence-electron chi connectivity index (χ3n) is 11.5. The minimum absolute atomic E-state index is 0.0955. The lowest BCUT2D eigenvalue weighted by Gasteiger charge is -2.26. The molecule has 0 aromatic heterocycles. The van der Waals surface area contributed by atoms with E-state index >= 15 is 0 Å². The molecule has 3 amide bonds. The van der Waals surface area contributed by atoms with E-state index in [1.165, 1.54) is 167 Å². The lowest BCUT2D eigenvalue weighted by molar-refractivity contribution is -0.123. The van der Waals surface area contributed by atoms with Crippen LogP contribution in [0.1, 0.15) is 239 Å². The number of unbranched alkanes of at least 4 members (excludes halogenated alkanes) is 27. The lowest BCUT2D eigenvalue weighted by Crippen LogP contribution is -2.39. The highest BCUT2D eigenvalue weighted by atomic mass is 16.2. The summed E-state index contributed by atoms with van der Waals surface area (Å²) in [4.78, 5) is 39.9. The minimum Gasteiger partial charge on any atom is -0.369 e. The molecule has 0 aliphatic rings. The van der Waals surface area contributed by atoms with Crippen molar-refractivity contribution in [3.05, 3.63) is 0 Å². The van der Waals surface area contributed by atoms with E-state index in [1.807, 2.05) is 0 Å². The average molecular weight is 792 g/mol. The highest BCUT2D eigenvalue weighted by Crippen LogP contribution is 2.16. The van der Waals surface area contributed by atoms with Gasteiger partial charge in [-0.2, -0.15) is 0 Å². The van der Waals surface area contributed by atoms with Crippen molar-refractivity contribution < 1.29 is 14.4 Å². The van der Waals surface area contributed by atoms with E-state index in [0.717, 1.165) is 64.7 Å². The predicted octanol–water partition coefficient (Wildman–Crippen LogP) is 11.5. The maximum absolute atomic E-state index is 12.8. The Bertz CT molecular complexity index is 857. The van der Waals surface area contributed by atoms with Crippen LogP contribution in [0.2, 0.25) is 0 Å². The van der Waals surface area contributed by atoms with Gasteiger partial charge in [-0.15, -0.1) is 0 Å². The first-order valence-corrected chi connectivity index (χ1v) is 24.7. The monoisotopic (exact) mass is 792 g/mol. The molecular weight excluding hydrogens is 695 g/mol. The first kappa shape index (κ1) is 54.3. The van der Waals surface area contributed by atoms with Crippen LogP contribution in [0.5, 0.6) is 0 Å². The summed E-state index contributed by atoms with van der Waals surface area (Å²) in [5, 5.41) is 9.65. The van der Waals surface area contributed by atoms with Gasteiger partial charge in [-0.05, 0) is 38.8 Å². The topological polar surface area (TPSA) is 117 Å². The summed E-state index contributed by atoms with van der Waals surface area (Å²) in [6.07, 6.45) is 41.2. The van der Waals surface area contributed by atoms with Gasteiger partial charge in [-0.3, -0.25) is 14.4 Å². The van der Waals surface area contributed by atoms with Gasteiger partial charge in [0.15, 0.2) is 0 Å². The fourth-order valence-corrected chi connectivity index (χ4v) is 7.68. The second kappa shape index (κ2) is 44.4. The summed E-state index contributed by atoms with van der Waals surface area (Å²) in [5.41, 5.74) is 5.93. The van der Waals surface area contributed by atoms with Gasteiger partial charge in [0, 0.05) is 45.6 Å². The number of hydrogen-bond acceptors (Lipinski definition) is 5. The molecule has 0 fully saturated rings. The molecule has 0 aromatic carbocycles. The molecule has 0 aliphatic carbocycles. The van der Waals surface area contributed by atoms with Gasteiger partial charge in [-0.25, -0.2) is 0 Å². The predicted molar refractivity (Wildman–Crippen MR) is 242 cm³/mol. The molecule has 5 N–H and O–H groups in total. The van der Waals surface area contributed by atoms with Crippen molar-refractivity contribution in [3.8, 4) is 0 Å². The number of primary amides is 1. The van der Waals surface area contributed by atoms with Crippen molar-refractivity contribution in [1.82, 2.24) is 20.9 Å². The summed E-state index contributed by atoms with van der Waals surface area (Å²) >= 11 is 0. The summed E-state index contributed by atoms with van der Waals surface area (Å²) < 4.78 is 0. The third kappa shape index (κ3) is 40.5. The van der Waals surface area contributed by atoms with Crippen LogP contribution in [0.4, 0.5) is 0 Å². The van der Waals surface area contributed by atoms with E-state index in [-0.39, 0.29) is 23.6 Å². The average Bonchev–Trinajstić information content (AvgIpc) is 3.19. The van der Waals surface area contributed by atoms with Gasteiger partial charge in [0.25, 0.3) is 0 Å². The second-order valence-corrected chi connectivity index (χ2v) is 17.0. The fraction of sp³-hybridized carbons (Fsp3) is 0.938. The zero-order chi connectivity index (χ0) is 41.0. The van der Waals surface area contributed by atoms with Crippen LogP contribution in [-0.4, -0.2) is 68.4 Å². The Balaban J connectivity index is 4.47. The fourth-order valence-electron chi connectivity index (χ4n) is 7.68. The largest absolute Gasteiger partial charge is 0.369 e. The molecule has 0 saturated heterocycles. The van der Waals surface area contributed by atoms with E-state index in [0.29, 0.717) is 32.5 Å². The van der Waals surface area contributed by atoms with Crippen molar-refractivity contribution in [2.45, 2.75) is 239 Å². The van der Waals surface area contributed by atoms with Crippen LogP contribution in [0.15, 0.2) is 0 Å². The number of carbonyl (C=O) groups excluding carboxylic acids is 3. The van der Waals surface area contributed by atoms with E-state index < -0.39 is 0 Å². The van der Waals surface area contributed by atoms with Crippen molar-refractivity contribution in [2.24, 2.45) is 11.7 Å². The van der Waals surface area contributed by atoms with E-state index in [1.54, 1.807) is 0 Å². The number of amides is 3. The van der Waals surface area contributed by atoms with Crippen molar-refractivity contribution >= 4 is 17.7 Å². The standard InChI is InChI=1S/C48H97N5O3/c1-4-7-10-13-16-19-22-25-28-31-35-45(48(49)56)44-53(43-37-47(55)52-40-33-30-27-24-21-18-15-12-9-6-3)42-34-38-50-41-36-46(54)51-39-32-29-26-23-20-17-14-11-8-5-2/h45,50H,4-44H2,1-3H3,(H2,49,56)(H,51,54)(H,52,55). The van der Waals surface area contributed by atoms with E-state index in [9.17, 15) is 14.4 Å². The number of rotatable bonds is 46. The van der Waals surface area contributed by atoms with E-state index in [2.05, 4.69) is 41.6 Å². The number of nitrogens with one attached hydrogen (secondary N) is 3. The molecule has 0 spiro atoms. The van der Waals surface area contributed by atoms with Crippen LogP contribution in [0.25, 0.3) is 0 Å². The summed E-state index contributed by atoms with van der Waals surface area (Å²) in [7, 11) is 0. The molecule has 0 heterocycles. The van der Waals surface area contributed by atoms with Gasteiger partial charge in [0.05, 0.1) is 5.92 Å². The first-order valence-electron chi connectivity index (χ1n) is 24.7. The Morgan fingerprint density at radius 2 is 0.804 bits per heavy atom. The maximum Gasteiger partial charge on any atom is 0.221 e. The van der Waals surface area contributed by atoms with Gasteiger partial charge < -0.3 is 26.6 Å². The molecule has 1 atom stereocenters. The van der Waals surface area contributed by atoms with Gasteiger partial charge >= 0.3 is 0 Å². The molecule has 0 aromatic rings. The Kier molecular flexibility index (Phi) is 43.1. The lowest BCUT2D eigenvalue weighted by atomic mass is 9.98. The third-order valence-corrected chi connectivity index (χ3v) is 11.5. The summed E-state index contributed by atoms with van der Waals surface area (Å²) in [6.45, 7) is 11.8. The highest BCUT2D eigenvalue weighted by Gasteiger charge is 2.20. The first-order chi connectivity index (χ1) is 27.4. The number of carbonyl (C=O) groups is 3. The SMILES string of the molecule is CCCCCCCCCCCCNC(=O)CCNCCCN(CCC(=O)NCCCCCCCCCCCC)CC(CCCCCCCCCCCC)C(N)=O. The summed E-state index contributed by atoms with van der Waals surface area (Å²) in [6, 6.07) is 0. The van der Waals surface area contributed by atoms with Crippen LogP contribution in [0.3, 0.4) is 0 Å². The van der Waals surface area contributed by atoms with Crippen molar-refractivity contribution in [2.75, 3.05) is 45.8 Å². The smallest absolute Gasteiger partial charge is 0.221 e. The zero-order valence-electron chi connectivity index (χ0n) is 37.8. The Labute approximate surface area is 348 Å². The molecule has 0 saturated carbocycles. The van der Waals surface area contributed by atoms with Gasteiger partial charge in [0.1, 0.15) is 0 Å². The van der Waals surface area contributed by atoms with Gasteiger partial charge in [0.2, 0.25) is 17.7 Å². The normalized spacial score (nSPS) is 12.0. The molecule has 0 bridgehead atoms. The molecular formula is C48H97N5O3. The Morgan fingerprint density at radius 3 is 1.21 bits per heavy atom. The Hall–Kier alpha value is -1.67. The maximum atomic E-state index is 12.8. The number of nitrogens with two attached hydrogens (primary N) is 1. The quantitative estimate of drug-likeness (QED) is 0.0458. The van der Waals surface area contributed by atoms with Crippen LogP contribution in [-0.2, 0) is 14.4 Å². The Morgan fingerprint density at radius 1 is 0.429 bits per heavy atom. The number of hydrogen-bond donors (Lipinski definition) is 4. The highest BCUT2D eigenvalue weighted by molar-refractivity contribution is 5.77. The summed E-state index contributed by atoms with van der Waals surface area (Å²) in [5.74, 6) is -0.197. The molecule has 0 aliphatic heterocycles. The molecule has 0 radical (unpaired) electrons. The molecule has 56 heavy (non-hydrogen) atoms. The minimum atomic E-state index is -0.224. The molecule has 8 nitrogen and oxygen atoms in total.